The number of halogens is 1. The highest BCUT2D eigenvalue weighted by molar-refractivity contribution is 7.99. The van der Waals surface area contributed by atoms with E-state index in [1.807, 2.05) is 6.92 Å². The van der Waals surface area contributed by atoms with Crippen LogP contribution in [-0.4, -0.2) is 45.9 Å². The molecule has 1 heterocycles. The molecule has 1 rings (SSSR count). The molecule has 0 aromatic heterocycles. The zero-order chi connectivity index (χ0) is 10.0. The standard InChI is InChI=1S/C8H15FO3S/c1-3-13-8-5(9)7(11)6(10)4(2)12-8/h4-8,10-11H,3H2,1-2H3/t4-,5-,6+,7-,8-/m0/s1. The summed E-state index contributed by atoms with van der Waals surface area (Å²) in [7, 11) is 0. The summed E-state index contributed by atoms with van der Waals surface area (Å²) in [6, 6.07) is 0. The summed E-state index contributed by atoms with van der Waals surface area (Å²) in [6.45, 7) is 3.52. The number of thioether (sulfide) groups is 1. The van der Waals surface area contributed by atoms with Crippen molar-refractivity contribution in [2.45, 2.75) is 43.8 Å². The summed E-state index contributed by atoms with van der Waals surface area (Å²) in [4.78, 5) is 0. The van der Waals surface area contributed by atoms with Crippen molar-refractivity contribution in [3.63, 3.8) is 0 Å². The average Bonchev–Trinajstić information content (AvgIpc) is 2.11. The van der Waals surface area contributed by atoms with Crippen LogP contribution in [0.3, 0.4) is 0 Å². The van der Waals surface area contributed by atoms with Crippen LogP contribution in [0.4, 0.5) is 4.39 Å². The average molecular weight is 210 g/mol. The highest BCUT2D eigenvalue weighted by Crippen LogP contribution is 2.29. The highest BCUT2D eigenvalue weighted by atomic mass is 32.2. The monoisotopic (exact) mass is 210 g/mol. The molecule has 1 aliphatic rings. The lowest BCUT2D eigenvalue weighted by Crippen LogP contribution is -2.53. The number of aliphatic hydroxyl groups excluding tert-OH is 2. The van der Waals surface area contributed by atoms with Gasteiger partial charge in [-0.2, -0.15) is 0 Å². The Morgan fingerprint density at radius 1 is 1.38 bits per heavy atom. The number of alkyl halides is 1. The number of hydrogen-bond acceptors (Lipinski definition) is 4. The number of ether oxygens (including phenoxy) is 1. The van der Waals surface area contributed by atoms with Crippen molar-refractivity contribution in [2.24, 2.45) is 0 Å². The fourth-order valence-electron chi connectivity index (χ4n) is 1.29. The van der Waals surface area contributed by atoms with Gasteiger partial charge in [-0.1, -0.05) is 6.92 Å². The fraction of sp³-hybridized carbons (Fsp3) is 1.00. The number of hydrogen-bond donors (Lipinski definition) is 2. The quantitative estimate of drug-likeness (QED) is 0.698. The van der Waals surface area contributed by atoms with E-state index >= 15 is 0 Å². The van der Waals surface area contributed by atoms with E-state index in [1.54, 1.807) is 6.92 Å². The molecule has 0 radical (unpaired) electrons. The van der Waals surface area contributed by atoms with E-state index in [0.717, 1.165) is 5.75 Å². The number of rotatable bonds is 2. The molecule has 0 aromatic rings. The van der Waals surface area contributed by atoms with E-state index in [0.29, 0.717) is 0 Å². The molecule has 0 aliphatic carbocycles. The zero-order valence-electron chi connectivity index (χ0n) is 7.68. The smallest absolute Gasteiger partial charge is 0.164 e. The highest BCUT2D eigenvalue weighted by Gasteiger charge is 2.42. The zero-order valence-corrected chi connectivity index (χ0v) is 8.50. The summed E-state index contributed by atoms with van der Waals surface area (Å²) >= 11 is 1.30. The Labute approximate surface area is 81.3 Å². The Morgan fingerprint density at radius 3 is 2.54 bits per heavy atom. The van der Waals surface area contributed by atoms with Gasteiger partial charge in [-0.3, -0.25) is 0 Å². The molecule has 1 saturated heterocycles. The van der Waals surface area contributed by atoms with Crippen LogP contribution in [0.25, 0.3) is 0 Å². The first kappa shape index (κ1) is 11.2. The topological polar surface area (TPSA) is 49.7 Å². The molecule has 1 fully saturated rings. The minimum absolute atomic E-state index is 0.508. The lowest BCUT2D eigenvalue weighted by atomic mass is 10.0. The maximum Gasteiger partial charge on any atom is 0.164 e. The van der Waals surface area contributed by atoms with Crippen LogP contribution < -0.4 is 0 Å². The molecule has 0 aromatic carbocycles. The van der Waals surface area contributed by atoms with Crippen LogP contribution in [0.1, 0.15) is 13.8 Å². The van der Waals surface area contributed by atoms with E-state index in [4.69, 9.17) is 4.74 Å². The minimum Gasteiger partial charge on any atom is -0.388 e. The predicted molar refractivity (Wildman–Crippen MR) is 49.4 cm³/mol. The largest absolute Gasteiger partial charge is 0.388 e. The lowest BCUT2D eigenvalue weighted by molar-refractivity contribution is -0.173. The molecule has 0 bridgehead atoms. The molecule has 0 unspecified atom stereocenters. The SMILES string of the molecule is CCS[C@@H]1O[C@@H](C)[C@@H](O)[C@@H](O)[C@@H]1F. The van der Waals surface area contributed by atoms with Crippen molar-refractivity contribution in [2.75, 3.05) is 5.75 Å². The molecular weight excluding hydrogens is 195 g/mol. The second-order valence-corrected chi connectivity index (χ2v) is 4.47. The summed E-state index contributed by atoms with van der Waals surface area (Å²) in [5, 5.41) is 18.6. The first-order valence-electron chi connectivity index (χ1n) is 4.35. The molecule has 2 N–H and O–H groups in total. The van der Waals surface area contributed by atoms with E-state index in [1.165, 1.54) is 11.8 Å². The van der Waals surface area contributed by atoms with Gasteiger partial charge in [0, 0.05) is 0 Å². The third-order valence-corrected chi connectivity index (χ3v) is 3.13. The van der Waals surface area contributed by atoms with Crippen molar-refractivity contribution in [1.29, 1.82) is 0 Å². The fourth-order valence-corrected chi connectivity index (χ4v) is 2.22. The van der Waals surface area contributed by atoms with Crippen molar-refractivity contribution in [3.05, 3.63) is 0 Å². The summed E-state index contributed by atoms with van der Waals surface area (Å²) in [5.41, 5.74) is -0.654. The van der Waals surface area contributed by atoms with Crippen molar-refractivity contribution < 1.29 is 19.3 Å². The molecule has 0 spiro atoms. The lowest BCUT2D eigenvalue weighted by Gasteiger charge is -2.37. The Balaban J connectivity index is 2.59. The van der Waals surface area contributed by atoms with Gasteiger partial charge in [0.05, 0.1) is 6.10 Å². The molecule has 5 atom stereocenters. The Bertz CT molecular complexity index is 169. The maximum absolute atomic E-state index is 13.3. The number of aliphatic hydroxyl groups is 2. The maximum atomic E-state index is 13.3. The van der Waals surface area contributed by atoms with Gasteiger partial charge in [-0.05, 0) is 12.7 Å². The molecule has 0 amide bonds. The minimum atomic E-state index is -1.50. The molecule has 0 saturated carbocycles. The summed E-state index contributed by atoms with van der Waals surface area (Å²) in [6.07, 6.45) is -4.46. The molecule has 13 heavy (non-hydrogen) atoms. The van der Waals surface area contributed by atoms with E-state index < -0.39 is 29.9 Å². The third kappa shape index (κ3) is 2.34. The van der Waals surface area contributed by atoms with Gasteiger partial charge in [0.1, 0.15) is 17.6 Å². The normalized spacial score (nSPS) is 46.4. The van der Waals surface area contributed by atoms with Crippen LogP contribution >= 0.6 is 11.8 Å². The van der Waals surface area contributed by atoms with Crippen LogP contribution in [0.15, 0.2) is 0 Å². The second kappa shape index (κ2) is 4.59. The van der Waals surface area contributed by atoms with Crippen LogP contribution in [0.5, 0.6) is 0 Å². The van der Waals surface area contributed by atoms with Crippen LogP contribution in [-0.2, 0) is 4.74 Å². The van der Waals surface area contributed by atoms with Gasteiger partial charge in [0.2, 0.25) is 0 Å². The van der Waals surface area contributed by atoms with Crippen LogP contribution in [0.2, 0.25) is 0 Å². The van der Waals surface area contributed by atoms with Gasteiger partial charge in [0.25, 0.3) is 0 Å². The van der Waals surface area contributed by atoms with Gasteiger partial charge in [-0.25, -0.2) is 4.39 Å². The molecule has 1 aliphatic heterocycles. The van der Waals surface area contributed by atoms with Gasteiger partial charge in [0.15, 0.2) is 6.17 Å². The first-order valence-corrected chi connectivity index (χ1v) is 5.40. The Hall–Kier alpha value is 0.160. The first-order chi connectivity index (χ1) is 6.07. The van der Waals surface area contributed by atoms with Crippen molar-refractivity contribution in [1.82, 2.24) is 0 Å². The molecule has 5 heteroatoms. The summed E-state index contributed by atoms with van der Waals surface area (Å²) < 4.78 is 18.5. The summed E-state index contributed by atoms with van der Waals surface area (Å²) in [5.74, 6) is 0.723. The van der Waals surface area contributed by atoms with Crippen molar-refractivity contribution in [3.8, 4) is 0 Å². The van der Waals surface area contributed by atoms with Crippen molar-refractivity contribution >= 4 is 11.8 Å². The predicted octanol–water partition coefficient (Wildman–Crippen LogP) is 0.544. The van der Waals surface area contributed by atoms with Gasteiger partial charge in [-0.15, -0.1) is 11.8 Å². The van der Waals surface area contributed by atoms with E-state index in [2.05, 4.69) is 0 Å². The van der Waals surface area contributed by atoms with Crippen LogP contribution in [0, 0.1) is 0 Å². The van der Waals surface area contributed by atoms with E-state index in [-0.39, 0.29) is 0 Å². The third-order valence-electron chi connectivity index (χ3n) is 2.10. The van der Waals surface area contributed by atoms with Gasteiger partial charge < -0.3 is 14.9 Å². The molecule has 78 valence electrons. The van der Waals surface area contributed by atoms with E-state index in [9.17, 15) is 14.6 Å². The molecule has 3 nitrogen and oxygen atoms in total. The molecular formula is C8H15FO3S. The second-order valence-electron chi connectivity index (χ2n) is 3.09. The van der Waals surface area contributed by atoms with Gasteiger partial charge >= 0.3 is 0 Å². The Morgan fingerprint density at radius 2 is 2.00 bits per heavy atom. The Kier molecular flexibility index (Phi) is 3.97.